The predicted molar refractivity (Wildman–Crippen MR) is 85.1 cm³/mol. The van der Waals surface area contributed by atoms with Gasteiger partial charge in [-0.15, -0.1) is 0 Å². The summed E-state index contributed by atoms with van der Waals surface area (Å²) in [6.45, 7) is 7.58. The molecule has 7 nitrogen and oxygen atoms in total. The van der Waals surface area contributed by atoms with E-state index in [1.165, 1.54) is 5.01 Å². The van der Waals surface area contributed by atoms with Crippen LogP contribution in [0.1, 0.15) is 39.3 Å². The number of aryl methyl sites for hydroxylation is 1. The van der Waals surface area contributed by atoms with Gasteiger partial charge in [-0.3, -0.25) is 9.78 Å². The number of carbonyl (C=O) groups is 2. The van der Waals surface area contributed by atoms with Gasteiger partial charge in [-0.1, -0.05) is 0 Å². The molecule has 0 unspecified atom stereocenters. The van der Waals surface area contributed by atoms with Crippen molar-refractivity contribution in [3.05, 3.63) is 24.0 Å². The fraction of sp³-hybridized carbons (Fsp3) is 0.562. The maximum atomic E-state index is 12.7. The summed E-state index contributed by atoms with van der Waals surface area (Å²) in [5.41, 5.74) is 0.494. The average Bonchev–Trinajstić information content (AvgIpc) is 2.88. The van der Waals surface area contributed by atoms with Gasteiger partial charge in [0, 0.05) is 12.7 Å². The second-order valence-electron chi connectivity index (χ2n) is 6.56. The van der Waals surface area contributed by atoms with Crippen LogP contribution in [0, 0.1) is 6.92 Å². The molecule has 1 aromatic heterocycles. The predicted octanol–water partition coefficient (Wildman–Crippen LogP) is 2.60. The van der Waals surface area contributed by atoms with Crippen molar-refractivity contribution in [3.63, 3.8) is 0 Å². The molecular weight excluding hydrogens is 298 g/mol. The summed E-state index contributed by atoms with van der Waals surface area (Å²) in [4.78, 5) is 28.4. The van der Waals surface area contributed by atoms with Crippen molar-refractivity contribution in [2.45, 2.75) is 52.2 Å². The number of rotatable bonds is 3. The first-order chi connectivity index (χ1) is 10.7. The summed E-state index contributed by atoms with van der Waals surface area (Å²) in [6, 6.07) is 2.71. The highest BCUT2D eigenvalue weighted by Crippen LogP contribution is 2.28. The van der Waals surface area contributed by atoms with E-state index in [1.54, 1.807) is 51.0 Å². The minimum atomic E-state index is -0.947. The molecule has 1 saturated heterocycles. The van der Waals surface area contributed by atoms with Crippen LogP contribution in [0.5, 0.6) is 0 Å². The fourth-order valence-corrected chi connectivity index (χ4v) is 2.59. The minimum Gasteiger partial charge on any atom is -0.480 e. The van der Waals surface area contributed by atoms with Crippen LogP contribution < -0.4 is 5.01 Å². The van der Waals surface area contributed by atoms with Crippen LogP contribution in [0.3, 0.4) is 0 Å². The Bertz CT molecular complexity index is 597. The number of anilines is 1. The van der Waals surface area contributed by atoms with Crippen LogP contribution >= 0.6 is 0 Å². The van der Waals surface area contributed by atoms with E-state index in [2.05, 4.69) is 4.98 Å². The lowest BCUT2D eigenvalue weighted by Gasteiger charge is -2.36. The fourth-order valence-electron chi connectivity index (χ4n) is 2.59. The standard InChI is InChI=1S/C16H23N3O4/c1-11-12(7-5-9-17-11)19(15(22)23-16(2,3)4)18-10-6-8-13(18)14(20)21/h5,7,9,13H,6,8,10H2,1-4H3,(H,20,21)/t13-/m0/s1. The van der Waals surface area contributed by atoms with E-state index in [0.29, 0.717) is 30.8 Å². The summed E-state index contributed by atoms with van der Waals surface area (Å²) in [5, 5.41) is 12.3. The number of amides is 1. The summed E-state index contributed by atoms with van der Waals surface area (Å²) in [5.74, 6) is -0.947. The Morgan fingerprint density at radius 2 is 2.13 bits per heavy atom. The van der Waals surface area contributed by atoms with E-state index in [9.17, 15) is 14.7 Å². The molecule has 126 valence electrons. The molecule has 1 aromatic rings. The van der Waals surface area contributed by atoms with E-state index in [-0.39, 0.29) is 0 Å². The van der Waals surface area contributed by atoms with Crippen LogP contribution in [0.25, 0.3) is 0 Å². The Hall–Kier alpha value is -2.15. The van der Waals surface area contributed by atoms with Crippen molar-refractivity contribution in [2.75, 3.05) is 11.6 Å². The van der Waals surface area contributed by atoms with Crippen molar-refractivity contribution >= 4 is 17.7 Å². The van der Waals surface area contributed by atoms with Gasteiger partial charge in [0.15, 0.2) is 0 Å². The van der Waals surface area contributed by atoms with Gasteiger partial charge in [0.1, 0.15) is 11.6 Å². The number of carboxylic acids is 1. The molecule has 1 N–H and O–H groups in total. The van der Waals surface area contributed by atoms with Gasteiger partial charge in [0.25, 0.3) is 0 Å². The highest BCUT2D eigenvalue weighted by atomic mass is 16.6. The number of aliphatic carboxylic acids is 1. The van der Waals surface area contributed by atoms with Crippen molar-refractivity contribution in [1.29, 1.82) is 0 Å². The van der Waals surface area contributed by atoms with Gasteiger partial charge in [0.05, 0.1) is 11.4 Å². The number of carbonyl (C=O) groups excluding carboxylic acids is 1. The number of nitrogens with zero attached hydrogens (tertiary/aromatic N) is 3. The lowest BCUT2D eigenvalue weighted by Crippen LogP contribution is -2.53. The summed E-state index contributed by atoms with van der Waals surface area (Å²) >= 11 is 0. The van der Waals surface area contributed by atoms with Gasteiger partial charge in [-0.2, -0.15) is 5.01 Å². The molecule has 7 heteroatoms. The maximum Gasteiger partial charge on any atom is 0.429 e. The molecule has 23 heavy (non-hydrogen) atoms. The van der Waals surface area contributed by atoms with E-state index in [4.69, 9.17) is 4.74 Å². The molecule has 1 fully saturated rings. The number of hydrazine groups is 1. The van der Waals surface area contributed by atoms with Gasteiger partial charge in [-0.25, -0.2) is 9.80 Å². The lowest BCUT2D eigenvalue weighted by molar-refractivity contribution is -0.142. The topological polar surface area (TPSA) is 83.0 Å². The van der Waals surface area contributed by atoms with Gasteiger partial charge in [0.2, 0.25) is 0 Å². The minimum absolute atomic E-state index is 0.477. The van der Waals surface area contributed by atoms with Crippen molar-refractivity contribution in [3.8, 4) is 0 Å². The molecule has 1 atom stereocenters. The summed E-state index contributed by atoms with van der Waals surface area (Å²) in [6.07, 6.45) is 2.23. The summed E-state index contributed by atoms with van der Waals surface area (Å²) in [7, 11) is 0. The van der Waals surface area contributed by atoms with Gasteiger partial charge < -0.3 is 9.84 Å². The van der Waals surface area contributed by atoms with E-state index >= 15 is 0 Å². The van der Waals surface area contributed by atoms with Crippen LogP contribution in [0.4, 0.5) is 10.5 Å². The molecule has 2 rings (SSSR count). The molecule has 0 bridgehead atoms. The zero-order chi connectivity index (χ0) is 17.2. The molecular formula is C16H23N3O4. The Labute approximate surface area is 135 Å². The Morgan fingerprint density at radius 3 is 2.70 bits per heavy atom. The van der Waals surface area contributed by atoms with E-state index < -0.39 is 23.7 Å². The largest absolute Gasteiger partial charge is 0.480 e. The van der Waals surface area contributed by atoms with E-state index in [0.717, 1.165) is 0 Å². The monoisotopic (exact) mass is 321 g/mol. The molecule has 0 radical (unpaired) electrons. The number of hydrogen-bond donors (Lipinski definition) is 1. The van der Waals surface area contributed by atoms with Crippen LogP contribution in [0.2, 0.25) is 0 Å². The second-order valence-corrected chi connectivity index (χ2v) is 6.56. The third kappa shape index (κ3) is 3.98. The number of aromatic nitrogens is 1. The first-order valence-electron chi connectivity index (χ1n) is 7.65. The molecule has 1 amide bonds. The average molecular weight is 321 g/mol. The Balaban J connectivity index is 2.41. The quantitative estimate of drug-likeness (QED) is 0.921. The Morgan fingerprint density at radius 1 is 1.43 bits per heavy atom. The van der Waals surface area contributed by atoms with Gasteiger partial charge in [-0.05, 0) is 52.7 Å². The molecule has 0 aliphatic carbocycles. The van der Waals surface area contributed by atoms with Crippen LogP contribution in [-0.4, -0.2) is 45.3 Å². The zero-order valence-corrected chi connectivity index (χ0v) is 13.9. The highest BCUT2D eigenvalue weighted by molar-refractivity contribution is 5.88. The maximum absolute atomic E-state index is 12.7. The third-order valence-corrected chi connectivity index (χ3v) is 3.54. The number of pyridine rings is 1. The first-order valence-corrected chi connectivity index (χ1v) is 7.65. The molecule has 1 aliphatic rings. The smallest absolute Gasteiger partial charge is 0.429 e. The second kappa shape index (κ2) is 6.54. The normalized spacial score (nSPS) is 18.7. The third-order valence-electron chi connectivity index (χ3n) is 3.54. The van der Waals surface area contributed by atoms with Crippen molar-refractivity contribution in [1.82, 2.24) is 9.99 Å². The van der Waals surface area contributed by atoms with Crippen molar-refractivity contribution < 1.29 is 19.4 Å². The van der Waals surface area contributed by atoms with Crippen LogP contribution in [0.15, 0.2) is 18.3 Å². The zero-order valence-electron chi connectivity index (χ0n) is 13.9. The Kier molecular flexibility index (Phi) is 4.89. The molecule has 0 aromatic carbocycles. The van der Waals surface area contributed by atoms with Crippen LogP contribution in [-0.2, 0) is 9.53 Å². The van der Waals surface area contributed by atoms with Gasteiger partial charge >= 0.3 is 12.1 Å². The SMILES string of the molecule is Cc1ncccc1N(C(=O)OC(C)(C)C)N1CCC[C@H]1C(=O)O. The van der Waals surface area contributed by atoms with Crippen molar-refractivity contribution in [2.24, 2.45) is 0 Å². The first kappa shape index (κ1) is 17.2. The lowest BCUT2D eigenvalue weighted by atomic mass is 10.2. The number of hydrogen-bond acceptors (Lipinski definition) is 5. The molecule has 2 heterocycles. The molecule has 0 saturated carbocycles. The number of ether oxygens (including phenoxy) is 1. The highest BCUT2D eigenvalue weighted by Gasteiger charge is 2.39. The molecule has 0 spiro atoms. The van der Waals surface area contributed by atoms with E-state index in [1.807, 2.05) is 0 Å². The summed E-state index contributed by atoms with van der Waals surface area (Å²) < 4.78 is 5.47. The molecule has 1 aliphatic heterocycles. The number of carboxylic acid groups (broad SMARTS) is 1.